The van der Waals surface area contributed by atoms with Crippen LogP contribution in [-0.2, 0) is 27.0 Å². The minimum absolute atomic E-state index is 0.245. The highest BCUT2D eigenvalue weighted by atomic mass is 32.7. The molecule has 0 amide bonds. The van der Waals surface area contributed by atoms with E-state index in [-0.39, 0.29) is 13.2 Å². The van der Waals surface area contributed by atoms with Gasteiger partial charge >= 0.3 is 14.6 Å². The van der Waals surface area contributed by atoms with E-state index >= 15 is 0 Å². The van der Waals surface area contributed by atoms with Crippen molar-refractivity contribution in [3.05, 3.63) is 0 Å². The molecular formula is C16H36O6P2S. The standard InChI is InChI=1S/C16H36O6P2S/c1-5-9-13-19-23(17,20-14-10-6-2)22-24(18,21-15-11-7-3)25-16-12-8-4/h5-16H2,1-4H3. The van der Waals surface area contributed by atoms with Crippen LogP contribution < -0.4 is 0 Å². The smallest absolute Gasteiger partial charge is 0.300 e. The van der Waals surface area contributed by atoms with Crippen molar-refractivity contribution in [2.75, 3.05) is 25.6 Å². The van der Waals surface area contributed by atoms with E-state index in [0.29, 0.717) is 12.4 Å². The van der Waals surface area contributed by atoms with Crippen LogP contribution in [-0.4, -0.2) is 25.6 Å². The van der Waals surface area contributed by atoms with Crippen molar-refractivity contribution >= 4 is 26.0 Å². The van der Waals surface area contributed by atoms with Crippen LogP contribution in [0.1, 0.15) is 79.1 Å². The first kappa shape index (κ1) is 25.6. The summed E-state index contributed by atoms with van der Waals surface area (Å²) in [4.78, 5) is 0. The molecule has 0 heterocycles. The monoisotopic (exact) mass is 418 g/mol. The SMILES string of the molecule is CCCCOP(=O)(OCCCC)OP(=O)(OCCCC)SCCCC. The second-order valence-corrected chi connectivity index (χ2v) is 11.7. The summed E-state index contributed by atoms with van der Waals surface area (Å²) in [5, 5.41) is 0. The van der Waals surface area contributed by atoms with E-state index in [1.807, 2.05) is 20.8 Å². The molecule has 0 bridgehead atoms. The van der Waals surface area contributed by atoms with E-state index in [2.05, 4.69) is 6.92 Å². The second kappa shape index (κ2) is 15.7. The summed E-state index contributed by atoms with van der Waals surface area (Å²) in [6.45, 7) is 5.28. The lowest BCUT2D eigenvalue weighted by Gasteiger charge is -2.23. The molecule has 0 aromatic carbocycles. The van der Waals surface area contributed by atoms with E-state index in [1.165, 1.54) is 0 Å². The Hall–Kier alpha value is 0.650. The molecule has 25 heavy (non-hydrogen) atoms. The maximum Gasteiger partial charge on any atom is 0.482 e. The van der Waals surface area contributed by atoms with Crippen molar-refractivity contribution in [1.29, 1.82) is 0 Å². The topological polar surface area (TPSA) is 71.1 Å². The van der Waals surface area contributed by atoms with Gasteiger partial charge in [0.2, 0.25) is 0 Å². The first-order chi connectivity index (χ1) is 11.9. The largest absolute Gasteiger partial charge is 0.482 e. The van der Waals surface area contributed by atoms with Gasteiger partial charge in [0.25, 0.3) is 0 Å². The van der Waals surface area contributed by atoms with Gasteiger partial charge in [0.1, 0.15) is 0 Å². The summed E-state index contributed by atoms with van der Waals surface area (Å²) in [5.41, 5.74) is 0. The first-order valence-electron chi connectivity index (χ1n) is 9.44. The summed E-state index contributed by atoms with van der Waals surface area (Å²) in [7, 11) is -3.91. The van der Waals surface area contributed by atoms with E-state index in [1.54, 1.807) is 0 Å². The van der Waals surface area contributed by atoms with E-state index in [9.17, 15) is 9.13 Å². The summed E-state index contributed by atoms with van der Waals surface area (Å²) < 4.78 is 47.6. The van der Waals surface area contributed by atoms with Crippen molar-refractivity contribution < 1.29 is 27.0 Å². The number of phosphoric acid groups is 1. The van der Waals surface area contributed by atoms with Crippen molar-refractivity contribution in [3.8, 4) is 0 Å². The highest BCUT2D eigenvalue weighted by Crippen LogP contribution is 2.72. The summed E-state index contributed by atoms with van der Waals surface area (Å²) >= 11 is 1.08. The molecule has 0 saturated carbocycles. The molecule has 0 spiro atoms. The molecule has 0 aliphatic carbocycles. The highest BCUT2D eigenvalue weighted by Gasteiger charge is 2.39. The van der Waals surface area contributed by atoms with E-state index < -0.39 is 14.6 Å². The normalized spacial score (nSPS) is 14.6. The summed E-state index contributed by atoms with van der Waals surface area (Å²) in [6.07, 6.45) is 6.78. The lowest BCUT2D eigenvalue weighted by Crippen LogP contribution is -2.03. The number of hydrogen-bond donors (Lipinski definition) is 0. The van der Waals surface area contributed by atoms with Gasteiger partial charge < -0.3 is 4.52 Å². The van der Waals surface area contributed by atoms with Crippen LogP contribution in [0.15, 0.2) is 0 Å². The minimum Gasteiger partial charge on any atom is -0.300 e. The third-order valence-corrected chi connectivity index (χ3v) is 9.49. The van der Waals surface area contributed by atoms with Gasteiger partial charge in [-0.3, -0.25) is 9.05 Å². The molecule has 0 rings (SSSR count). The summed E-state index contributed by atoms with van der Waals surface area (Å²) in [6, 6.07) is 0. The van der Waals surface area contributed by atoms with Crippen molar-refractivity contribution in [1.82, 2.24) is 0 Å². The van der Waals surface area contributed by atoms with E-state index in [4.69, 9.17) is 17.9 Å². The molecule has 152 valence electrons. The van der Waals surface area contributed by atoms with Gasteiger partial charge in [-0.2, -0.15) is 4.31 Å². The molecule has 0 aliphatic heterocycles. The number of phosphoric ester groups is 1. The maximum absolute atomic E-state index is 13.0. The Kier molecular flexibility index (Phi) is 16.1. The van der Waals surface area contributed by atoms with E-state index in [0.717, 1.165) is 62.7 Å². The fourth-order valence-electron chi connectivity index (χ4n) is 1.57. The Morgan fingerprint density at radius 1 is 0.680 bits per heavy atom. The Morgan fingerprint density at radius 3 is 1.56 bits per heavy atom. The molecule has 1 unspecified atom stereocenters. The minimum atomic E-state index is -3.91. The lowest BCUT2D eigenvalue weighted by molar-refractivity contribution is 0.144. The van der Waals surface area contributed by atoms with Crippen molar-refractivity contribution in [2.24, 2.45) is 0 Å². The van der Waals surface area contributed by atoms with Crippen LogP contribution in [0, 0.1) is 0 Å². The molecule has 0 aromatic rings. The molecular weight excluding hydrogens is 382 g/mol. The Balaban J connectivity index is 4.97. The Bertz CT molecular complexity index is 344. The maximum atomic E-state index is 13.0. The molecule has 1 atom stereocenters. The first-order valence-corrected chi connectivity index (χ1v) is 14.0. The average Bonchev–Trinajstić information content (AvgIpc) is 2.56. The molecule has 0 radical (unpaired) electrons. The van der Waals surface area contributed by atoms with Crippen LogP contribution >= 0.6 is 26.0 Å². The Labute approximate surface area is 158 Å². The molecule has 0 aliphatic rings. The Morgan fingerprint density at radius 2 is 1.12 bits per heavy atom. The molecule has 0 fully saturated rings. The molecule has 9 heteroatoms. The number of rotatable bonds is 18. The zero-order valence-electron chi connectivity index (χ0n) is 16.2. The van der Waals surface area contributed by atoms with Gasteiger partial charge in [-0.1, -0.05) is 53.4 Å². The van der Waals surface area contributed by atoms with Crippen LogP contribution in [0.2, 0.25) is 0 Å². The molecule has 6 nitrogen and oxygen atoms in total. The quantitative estimate of drug-likeness (QED) is 0.172. The van der Waals surface area contributed by atoms with Crippen molar-refractivity contribution in [2.45, 2.75) is 79.1 Å². The molecule has 0 saturated heterocycles. The molecule has 0 N–H and O–H groups in total. The van der Waals surface area contributed by atoms with Gasteiger partial charge in [0.05, 0.1) is 19.8 Å². The summed E-state index contributed by atoms with van der Waals surface area (Å²) in [5.74, 6) is 0.615. The zero-order valence-corrected chi connectivity index (χ0v) is 18.8. The third-order valence-electron chi connectivity index (χ3n) is 3.19. The fourth-order valence-corrected chi connectivity index (χ4v) is 7.82. The molecule has 0 aromatic heterocycles. The van der Waals surface area contributed by atoms with Gasteiger partial charge in [-0.15, -0.1) is 0 Å². The van der Waals surface area contributed by atoms with Gasteiger partial charge in [-0.05, 0) is 37.1 Å². The second-order valence-electron chi connectivity index (χ2n) is 5.72. The van der Waals surface area contributed by atoms with Crippen LogP contribution in [0.5, 0.6) is 0 Å². The van der Waals surface area contributed by atoms with Gasteiger partial charge in [-0.25, -0.2) is 9.13 Å². The van der Waals surface area contributed by atoms with Gasteiger partial charge in [0.15, 0.2) is 0 Å². The predicted octanol–water partition coefficient (Wildman–Crippen LogP) is 7.20. The third kappa shape index (κ3) is 13.5. The predicted molar refractivity (Wildman–Crippen MR) is 106 cm³/mol. The van der Waals surface area contributed by atoms with Crippen LogP contribution in [0.3, 0.4) is 0 Å². The number of unbranched alkanes of at least 4 members (excludes halogenated alkanes) is 4. The fraction of sp³-hybridized carbons (Fsp3) is 1.00. The van der Waals surface area contributed by atoms with Crippen molar-refractivity contribution in [3.63, 3.8) is 0 Å². The van der Waals surface area contributed by atoms with Crippen LogP contribution in [0.25, 0.3) is 0 Å². The van der Waals surface area contributed by atoms with Crippen LogP contribution in [0.4, 0.5) is 0 Å². The number of hydrogen-bond acceptors (Lipinski definition) is 7. The average molecular weight is 418 g/mol. The highest BCUT2D eigenvalue weighted by molar-refractivity contribution is 8.55. The van der Waals surface area contributed by atoms with Gasteiger partial charge in [0, 0.05) is 5.75 Å². The zero-order chi connectivity index (χ0) is 19.0. The lowest BCUT2D eigenvalue weighted by atomic mass is 10.4.